The van der Waals surface area contributed by atoms with Gasteiger partial charge in [0.15, 0.2) is 0 Å². The molecule has 0 aromatic carbocycles. The fourth-order valence-corrected chi connectivity index (χ4v) is 1.09. The van der Waals surface area contributed by atoms with Crippen molar-refractivity contribution >= 4 is 5.78 Å². The Morgan fingerprint density at radius 1 is 1.33 bits per heavy atom. The van der Waals surface area contributed by atoms with E-state index in [1.54, 1.807) is 0 Å². The van der Waals surface area contributed by atoms with Crippen LogP contribution in [0.15, 0.2) is 0 Å². The minimum absolute atomic E-state index is 0.183. The Bertz CT molecular complexity index is 137. The lowest BCUT2D eigenvalue weighted by Gasteiger charge is -2.23. The second-order valence-electron chi connectivity index (χ2n) is 3.05. The molecule has 0 radical (unpaired) electrons. The van der Waals surface area contributed by atoms with Gasteiger partial charge in [-0.05, 0) is 6.42 Å². The van der Waals surface area contributed by atoms with Gasteiger partial charge in [0.1, 0.15) is 5.78 Å². The molecule has 0 unspecified atom stereocenters. The lowest BCUT2D eigenvalue weighted by atomic mass is 9.94. The Labute approximate surface area is 73.0 Å². The molecule has 12 heavy (non-hydrogen) atoms. The maximum Gasteiger partial charge on any atom is 0.138 e. The monoisotopic (exact) mass is 172 g/mol. The van der Waals surface area contributed by atoms with Crippen LogP contribution in [0, 0.1) is 0 Å². The van der Waals surface area contributed by atoms with Gasteiger partial charge < -0.3 is 9.47 Å². The van der Waals surface area contributed by atoms with Crippen molar-refractivity contribution in [1.82, 2.24) is 0 Å². The van der Waals surface area contributed by atoms with Crippen LogP contribution in [-0.4, -0.2) is 31.7 Å². The molecule has 1 aliphatic rings. The summed E-state index contributed by atoms with van der Waals surface area (Å²) < 4.78 is 10.6. The number of ketones is 1. The summed E-state index contributed by atoms with van der Waals surface area (Å²) in [6, 6.07) is 0. The van der Waals surface area contributed by atoms with Gasteiger partial charge in [-0.15, -0.1) is 0 Å². The number of hydrogen-bond acceptors (Lipinski definition) is 3. The number of carbonyl (C=O) groups excluding carboxylic acids is 1. The predicted octanol–water partition coefficient (Wildman–Crippen LogP) is 1.16. The largest absolute Gasteiger partial charge is 0.379 e. The van der Waals surface area contributed by atoms with Crippen LogP contribution >= 0.6 is 0 Å². The zero-order valence-electron chi connectivity index (χ0n) is 7.54. The summed E-state index contributed by atoms with van der Waals surface area (Å²) in [5, 5.41) is 0. The van der Waals surface area contributed by atoms with E-state index < -0.39 is 0 Å². The van der Waals surface area contributed by atoms with Crippen LogP contribution in [-0.2, 0) is 14.3 Å². The van der Waals surface area contributed by atoms with Crippen LogP contribution < -0.4 is 0 Å². The molecule has 0 aromatic heterocycles. The molecule has 3 nitrogen and oxygen atoms in total. The maximum absolute atomic E-state index is 10.5. The molecular weight excluding hydrogens is 156 g/mol. The van der Waals surface area contributed by atoms with Crippen molar-refractivity contribution in [3.63, 3.8) is 0 Å². The molecule has 0 bridgehead atoms. The topological polar surface area (TPSA) is 35.5 Å². The molecule has 0 aromatic rings. The van der Waals surface area contributed by atoms with E-state index in [4.69, 9.17) is 9.47 Å². The fourth-order valence-electron chi connectivity index (χ4n) is 1.09. The molecule has 1 fully saturated rings. The molecule has 3 heteroatoms. The van der Waals surface area contributed by atoms with Gasteiger partial charge in [-0.1, -0.05) is 6.92 Å². The summed E-state index contributed by atoms with van der Waals surface area (Å²) in [4.78, 5) is 10.5. The minimum Gasteiger partial charge on any atom is -0.379 e. The molecule has 0 spiro atoms. The van der Waals surface area contributed by atoms with Gasteiger partial charge in [0.05, 0.1) is 19.3 Å². The molecule has 1 aliphatic carbocycles. The Morgan fingerprint density at radius 3 is 2.67 bits per heavy atom. The first-order valence-electron chi connectivity index (χ1n) is 4.54. The van der Waals surface area contributed by atoms with Crippen LogP contribution in [0.2, 0.25) is 0 Å². The minimum atomic E-state index is 0.183. The molecule has 0 aliphatic heterocycles. The van der Waals surface area contributed by atoms with Gasteiger partial charge in [0.2, 0.25) is 0 Å². The van der Waals surface area contributed by atoms with E-state index in [2.05, 4.69) is 6.92 Å². The second kappa shape index (κ2) is 5.27. The normalized spacial score (nSPS) is 17.9. The van der Waals surface area contributed by atoms with Crippen molar-refractivity contribution in [2.24, 2.45) is 0 Å². The summed E-state index contributed by atoms with van der Waals surface area (Å²) >= 11 is 0. The molecule has 0 atom stereocenters. The number of rotatable bonds is 6. The van der Waals surface area contributed by atoms with Crippen LogP contribution in [0.25, 0.3) is 0 Å². The van der Waals surface area contributed by atoms with E-state index in [1.807, 2.05) is 0 Å². The number of carbonyl (C=O) groups is 1. The molecule has 0 heterocycles. The number of ether oxygens (including phenoxy) is 2. The SMILES string of the molecule is CCCOCCOC1CC(=O)C1. The van der Waals surface area contributed by atoms with Crippen molar-refractivity contribution in [3.8, 4) is 0 Å². The highest BCUT2D eigenvalue weighted by Gasteiger charge is 2.26. The highest BCUT2D eigenvalue weighted by molar-refractivity contribution is 5.85. The van der Waals surface area contributed by atoms with E-state index in [0.29, 0.717) is 31.8 Å². The number of hydrogen-bond donors (Lipinski definition) is 0. The fraction of sp³-hybridized carbons (Fsp3) is 0.889. The van der Waals surface area contributed by atoms with Gasteiger partial charge in [-0.3, -0.25) is 4.79 Å². The van der Waals surface area contributed by atoms with Gasteiger partial charge in [-0.25, -0.2) is 0 Å². The summed E-state index contributed by atoms with van der Waals surface area (Å²) in [6.45, 7) is 4.15. The van der Waals surface area contributed by atoms with Crippen LogP contribution in [0.4, 0.5) is 0 Å². The van der Waals surface area contributed by atoms with E-state index in [9.17, 15) is 4.79 Å². The van der Waals surface area contributed by atoms with Crippen LogP contribution in [0.1, 0.15) is 26.2 Å². The molecule has 70 valence electrons. The first kappa shape index (κ1) is 9.68. The molecule has 0 saturated heterocycles. The Hall–Kier alpha value is -0.410. The Morgan fingerprint density at radius 2 is 2.08 bits per heavy atom. The summed E-state index contributed by atoms with van der Waals surface area (Å²) in [5.74, 6) is 0.314. The van der Waals surface area contributed by atoms with Gasteiger partial charge in [-0.2, -0.15) is 0 Å². The van der Waals surface area contributed by atoms with Crippen molar-refractivity contribution in [3.05, 3.63) is 0 Å². The third-order valence-electron chi connectivity index (χ3n) is 1.84. The average molecular weight is 172 g/mol. The van der Waals surface area contributed by atoms with Gasteiger partial charge in [0, 0.05) is 19.4 Å². The van der Waals surface area contributed by atoms with Crippen LogP contribution in [0.3, 0.4) is 0 Å². The summed E-state index contributed by atoms with van der Waals surface area (Å²) in [5.41, 5.74) is 0. The average Bonchev–Trinajstić information content (AvgIpc) is 2.00. The zero-order valence-corrected chi connectivity index (χ0v) is 7.54. The third kappa shape index (κ3) is 3.32. The van der Waals surface area contributed by atoms with Gasteiger partial charge >= 0.3 is 0 Å². The second-order valence-corrected chi connectivity index (χ2v) is 3.05. The standard InChI is InChI=1S/C9H16O3/c1-2-3-11-4-5-12-9-6-8(10)7-9/h9H,2-7H2,1H3. The third-order valence-corrected chi connectivity index (χ3v) is 1.84. The van der Waals surface area contributed by atoms with E-state index >= 15 is 0 Å². The first-order chi connectivity index (χ1) is 5.83. The molecule has 0 N–H and O–H groups in total. The molecule has 1 rings (SSSR count). The first-order valence-corrected chi connectivity index (χ1v) is 4.54. The van der Waals surface area contributed by atoms with E-state index in [-0.39, 0.29) is 6.10 Å². The Balaban J connectivity index is 1.80. The van der Waals surface area contributed by atoms with Crippen molar-refractivity contribution in [2.75, 3.05) is 19.8 Å². The summed E-state index contributed by atoms with van der Waals surface area (Å²) in [7, 11) is 0. The highest BCUT2D eigenvalue weighted by atomic mass is 16.5. The molecular formula is C9H16O3. The number of Topliss-reactive ketones (excluding diaryl/α,β-unsaturated/α-hetero) is 1. The van der Waals surface area contributed by atoms with Gasteiger partial charge in [0.25, 0.3) is 0 Å². The molecule has 0 amide bonds. The highest BCUT2D eigenvalue weighted by Crippen LogP contribution is 2.17. The smallest absolute Gasteiger partial charge is 0.138 e. The molecule has 1 saturated carbocycles. The lowest BCUT2D eigenvalue weighted by Crippen LogP contribution is -2.32. The van der Waals surface area contributed by atoms with Crippen molar-refractivity contribution < 1.29 is 14.3 Å². The predicted molar refractivity (Wildman–Crippen MR) is 45.1 cm³/mol. The van der Waals surface area contributed by atoms with E-state index in [1.165, 1.54) is 0 Å². The lowest BCUT2D eigenvalue weighted by molar-refractivity contribution is -0.135. The van der Waals surface area contributed by atoms with Crippen molar-refractivity contribution in [2.45, 2.75) is 32.3 Å². The summed E-state index contributed by atoms with van der Waals surface area (Å²) in [6.07, 6.45) is 2.44. The van der Waals surface area contributed by atoms with Crippen molar-refractivity contribution in [1.29, 1.82) is 0 Å². The van der Waals surface area contributed by atoms with Crippen LogP contribution in [0.5, 0.6) is 0 Å². The maximum atomic E-state index is 10.5. The van der Waals surface area contributed by atoms with E-state index in [0.717, 1.165) is 13.0 Å². The quantitative estimate of drug-likeness (QED) is 0.564. The Kier molecular flexibility index (Phi) is 4.25. The zero-order chi connectivity index (χ0) is 8.81.